The van der Waals surface area contributed by atoms with E-state index in [-0.39, 0.29) is 0 Å². The van der Waals surface area contributed by atoms with Gasteiger partial charge in [0.2, 0.25) is 0 Å². The molecule has 0 aliphatic rings. The molecule has 0 atom stereocenters. The van der Waals surface area contributed by atoms with Crippen LogP contribution in [0.5, 0.6) is 0 Å². The van der Waals surface area contributed by atoms with Crippen LogP contribution in [0.3, 0.4) is 0 Å². The maximum absolute atomic E-state index is 10.5. The summed E-state index contributed by atoms with van der Waals surface area (Å²) in [7, 11) is 1.46. The number of rotatable bonds is 2. The third kappa shape index (κ3) is 3.33. The monoisotopic (exact) mass is 179 g/mol. The molecule has 1 amide bonds. The lowest BCUT2D eigenvalue weighted by Crippen LogP contribution is -2.16. The number of hydrogen-bond donors (Lipinski definition) is 1. The molecule has 0 radical (unpaired) electrons. The van der Waals surface area contributed by atoms with E-state index in [0.717, 1.165) is 0 Å². The molecule has 0 spiro atoms. The van der Waals surface area contributed by atoms with Crippen LogP contribution in [0.2, 0.25) is 0 Å². The molecule has 0 saturated carbocycles. The van der Waals surface area contributed by atoms with Crippen LogP contribution >= 0.6 is 0 Å². The van der Waals surface area contributed by atoms with Crippen LogP contribution in [-0.2, 0) is 4.84 Å². The van der Waals surface area contributed by atoms with Crippen molar-refractivity contribution < 1.29 is 9.63 Å². The topological polar surface area (TPSA) is 63.6 Å². The van der Waals surface area contributed by atoms with Crippen molar-refractivity contribution in [1.82, 2.24) is 10.3 Å². The van der Waals surface area contributed by atoms with E-state index < -0.39 is 6.09 Å². The van der Waals surface area contributed by atoms with Gasteiger partial charge in [0.15, 0.2) is 0 Å². The van der Waals surface area contributed by atoms with Gasteiger partial charge in [0.05, 0.1) is 11.9 Å². The van der Waals surface area contributed by atoms with Gasteiger partial charge in [-0.2, -0.15) is 0 Å². The highest BCUT2D eigenvalue weighted by molar-refractivity contribution is 5.77. The van der Waals surface area contributed by atoms with Crippen molar-refractivity contribution in [3.05, 3.63) is 30.1 Å². The van der Waals surface area contributed by atoms with Gasteiger partial charge in [0.25, 0.3) is 0 Å². The van der Waals surface area contributed by atoms with Crippen LogP contribution in [0, 0.1) is 0 Å². The van der Waals surface area contributed by atoms with Gasteiger partial charge < -0.3 is 5.32 Å². The minimum atomic E-state index is -0.604. The van der Waals surface area contributed by atoms with Gasteiger partial charge in [-0.15, -0.1) is 0 Å². The Labute approximate surface area is 75.4 Å². The van der Waals surface area contributed by atoms with Crippen LogP contribution in [-0.4, -0.2) is 24.3 Å². The Bertz CT molecular complexity index is 298. The highest BCUT2D eigenvalue weighted by atomic mass is 16.7. The van der Waals surface area contributed by atoms with Gasteiger partial charge in [0.1, 0.15) is 0 Å². The number of oxime groups is 1. The lowest BCUT2D eigenvalue weighted by molar-refractivity contribution is 0.154. The molecule has 0 aliphatic carbocycles. The summed E-state index contributed by atoms with van der Waals surface area (Å²) in [5, 5.41) is 5.67. The average Bonchev–Trinajstić information content (AvgIpc) is 2.19. The highest BCUT2D eigenvalue weighted by Gasteiger charge is 1.93. The van der Waals surface area contributed by atoms with E-state index in [9.17, 15) is 4.79 Å². The number of pyridine rings is 1. The van der Waals surface area contributed by atoms with Gasteiger partial charge in [-0.05, 0) is 12.1 Å². The Morgan fingerprint density at radius 2 is 2.54 bits per heavy atom. The zero-order chi connectivity index (χ0) is 9.52. The maximum Gasteiger partial charge on any atom is 0.433 e. The van der Waals surface area contributed by atoms with E-state index in [1.807, 2.05) is 6.07 Å². The van der Waals surface area contributed by atoms with Gasteiger partial charge in [-0.1, -0.05) is 11.2 Å². The van der Waals surface area contributed by atoms with E-state index in [1.165, 1.54) is 13.3 Å². The van der Waals surface area contributed by atoms with Gasteiger partial charge >= 0.3 is 6.09 Å². The molecule has 1 aromatic heterocycles. The molecule has 1 heterocycles. The smallest absolute Gasteiger partial charge is 0.323 e. The normalized spacial score (nSPS) is 9.92. The molecule has 5 nitrogen and oxygen atoms in total. The summed E-state index contributed by atoms with van der Waals surface area (Å²) in [5.41, 5.74) is 0.631. The first-order chi connectivity index (χ1) is 6.33. The number of amides is 1. The Kier molecular flexibility index (Phi) is 3.44. The van der Waals surface area contributed by atoms with Gasteiger partial charge in [-0.3, -0.25) is 9.82 Å². The lowest BCUT2D eigenvalue weighted by atomic mass is 10.4. The first kappa shape index (κ1) is 9.18. The summed E-state index contributed by atoms with van der Waals surface area (Å²) in [6.45, 7) is 0. The molecule has 1 N–H and O–H groups in total. The lowest BCUT2D eigenvalue weighted by Gasteiger charge is -1.93. The number of carbonyl (C=O) groups is 1. The number of aromatic nitrogens is 1. The fourth-order valence-corrected chi connectivity index (χ4v) is 0.626. The quantitative estimate of drug-likeness (QED) is 0.414. The first-order valence-corrected chi connectivity index (χ1v) is 3.66. The highest BCUT2D eigenvalue weighted by Crippen LogP contribution is 1.88. The SMILES string of the molecule is CNC(=O)O/N=C\c1ccccn1. The molecule has 0 aliphatic heterocycles. The molecular formula is C8H9N3O2. The first-order valence-electron chi connectivity index (χ1n) is 3.66. The van der Waals surface area contributed by atoms with Gasteiger partial charge in [0, 0.05) is 13.2 Å². The second kappa shape index (κ2) is 4.87. The van der Waals surface area contributed by atoms with Crippen molar-refractivity contribution in [2.75, 3.05) is 7.05 Å². The second-order valence-corrected chi connectivity index (χ2v) is 2.12. The van der Waals surface area contributed by atoms with Crippen LogP contribution in [0.1, 0.15) is 5.69 Å². The van der Waals surface area contributed by atoms with Crippen LogP contribution in [0.25, 0.3) is 0 Å². The van der Waals surface area contributed by atoms with Crippen LogP contribution in [0.4, 0.5) is 4.79 Å². The number of nitrogens with one attached hydrogen (secondary N) is 1. The van der Waals surface area contributed by atoms with Crippen LogP contribution in [0.15, 0.2) is 29.6 Å². The summed E-state index contributed by atoms with van der Waals surface area (Å²) in [5.74, 6) is 0. The maximum atomic E-state index is 10.5. The molecule has 68 valence electrons. The molecule has 0 saturated heterocycles. The summed E-state index contributed by atoms with van der Waals surface area (Å²) in [6.07, 6.45) is 2.38. The predicted molar refractivity (Wildman–Crippen MR) is 47.4 cm³/mol. The Morgan fingerprint density at radius 3 is 3.15 bits per heavy atom. The third-order valence-corrected chi connectivity index (χ3v) is 1.21. The van der Waals surface area contributed by atoms with E-state index in [4.69, 9.17) is 0 Å². The summed E-state index contributed by atoms with van der Waals surface area (Å²) in [6, 6.07) is 5.35. The second-order valence-electron chi connectivity index (χ2n) is 2.12. The van der Waals surface area contributed by atoms with Crippen molar-refractivity contribution in [1.29, 1.82) is 0 Å². The molecule has 1 rings (SSSR count). The van der Waals surface area contributed by atoms with Crippen LogP contribution < -0.4 is 5.32 Å². The standard InChI is InChI=1S/C8H9N3O2/c1-9-8(12)13-11-6-7-4-2-3-5-10-7/h2-6H,1H3,(H,9,12)/b11-6-. The molecule has 1 aromatic rings. The van der Waals surface area contributed by atoms with Crippen molar-refractivity contribution in [2.24, 2.45) is 5.16 Å². The molecule has 0 aromatic carbocycles. The van der Waals surface area contributed by atoms with E-state index in [0.29, 0.717) is 5.69 Å². The Morgan fingerprint density at radius 1 is 1.69 bits per heavy atom. The molecule has 13 heavy (non-hydrogen) atoms. The largest absolute Gasteiger partial charge is 0.433 e. The number of hydrogen-bond acceptors (Lipinski definition) is 4. The van der Waals surface area contributed by atoms with Crippen molar-refractivity contribution in [3.63, 3.8) is 0 Å². The zero-order valence-corrected chi connectivity index (χ0v) is 7.10. The summed E-state index contributed by atoms with van der Waals surface area (Å²) >= 11 is 0. The summed E-state index contributed by atoms with van der Waals surface area (Å²) < 4.78 is 0. The Hall–Kier alpha value is -1.91. The van der Waals surface area contributed by atoms with E-state index >= 15 is 0 Å². The number of nitrogens with zero attached hydrogens (tertiary/aromatic N) is 2. The average molecular weight is 179 g/mol. The minimum absolute atomic E-state index is 0.604. The molecule has 0 bridgehead atoms. The molecule has 5 heteroatoms. The van der Waals surface area contributed by atoms with E-state index in [1.54, 1.807) is 18.3 Å². The molecular weight excluding hydrogens is 170 g/mol. The van der Waals surface area contributed by atoms with Crippen molar-refractivity contribution in [3.8, 4) is 0 Å². The van der Waals surface area contributed by atoms with E-state index in [2.05, 4.69) is 20.3 Å². The summed E-state index contributed by atoms with van der Waals surface area (Å²) in [4.78, 5) is 18.8. The molecule has 0 fully saturated rings. The minimum Gasteiger partial charge on any atom is -0.323 e. The van der Waals surface area contributed by atoms with Crippen molar-refractivity contribution >= 4 is 12.3 Å². The number of carbonyl (C=O) groups excluding carboxylic acids is 1. The Balaban J connectivity index is 2.45. The van der Waals surface area contributed by atoms with Crippen molar-refractivity contribution in [2.45, 2.75) is 0 Å². The third-order valence-electron chi connectivity index (χ3n) is 1.21. The fraction of sp³-hybridized carbons (Fsp3) is 0.125. The predicted octanol–water partition coefficient (Wildman–Crippen LogP) is 0.772. The van der Waals surface area contributed by atoms with Gasteiger partial charge in [-0.25, -0.2) is 4.79 Å². The zero-order valence-electron chi connectivity index (χ0n) is 7.10. The fourth-order valence-electron chi connectivity index (χ4n) is 0.626. The molecule has 0 unspecified atom stereocenters.